The van der Waals surface area contributed by atoms with Gasteiger partial charge in [-0.1, -0.05) is 73.4 Å². The molecule has 1 saturated carbocycles. The molecular formula is C25H29N3O2S2. The third-order valence-corrected chi connectivity index (χ3v) is 7.73. The summed E-state index contributed by atoms with van der Waals surface area (Å²) in [6, 6.07) is 8.44. The molecule has 7 heteroatoms. The number of hydrogen-bond donors (Lipinski definition) is 1. The van der Waals surface area contributed by atoms with Crippen LogP contribution in [-0.4, -0.2) is 27.3 Å². The zero-order chi connectivity index (χ0) is 22.5. The number of aryl methyl sites for hydroxylation is 1. The van der Waals surface area contributed by atoms with E-state index in [-0.39, 0.29) is 23.3 Å². The fourth-order valence-corrected chi connectivity index (χ4v) is 5.98. The van der Waals surface area contributed by atoms with Gasteiger partial charge in [0.05, 0.1) is 11.1 Å². The third-order valence-electron chi connectivity index (χ3n) is 5.89. The Balaban J connectivity index is 1.58. The molecule has 2 heterocycles. The molecule has 5 nitrogen and oxygen atoms in total. The van der Waals surface area contributed by atoms with Gasteiger partial charge in [0, 0.05) is 23.5 Å². The van der Waals surface area contributed by atoms with Gasteiger partial charge in [-0.2, -0.15) is 0 Å². The van der Waals surface area contributed by atoms with Gasteiger partial charge in [0.1, 0.15) is 4.83 Å². The van der Waals surface area contributed by atoms with Crippen molar-refractivity contribution in [3.8, 4) is 11.1 Å². The SMILES string of the molecule is C=CCn1c(SCC(=O)NC2CCCCCC2)nc2scc(-c3ccc(C)cc3)c2c1=O. The van der Waals surface area contributed by atoms with Crippen molar-refractivity contribution in [2.45, 2.75) is 63.2 Å². The van der Waals surface area contributed by atoms with Crippen LogP contribution in [-0.2, 0) is 11.3 Å². The van der Waals surface area contributed by atoms with E-state index in [9.17, 15) is 9.59 Å². The highest BCUT2D eigenvalue weighted by molar-refractivity contribution is 7.99. The van der Waals surface area contributed by atoms with Gasteiger partial charge >= 0.3 is 0 Å². The Bertz CT molecular complexity index is 1160. The van der Waals surface area contributed by atoms with Crippen LogP contribution in [0.25, 0.3) is 21.3 Å². The minimum absolute atomic E-state index is 0.00734. The summed E-state index contributed by atoms with van der Waals surface area (Å²) in [5.41, 5.74) is 3.01. The van der Waals surface area contributed by atoms with Crippen LogP contribution >= 0.6 is 23.1 Å². The highest BCUT2D eigenvalue weighted by Crippen LogP contribution is 2.32. The van der Waals surface area contributed by atoms with Crippen LogP contribution in [0.2, 0.25) is 0 Å². The highest BCUT2D eigenvalue weighted by atomic mass is 32.2. The standard InChI is InChI=1S/C25H29N3O2S2/c1-3-14-28-24(30)22-20(18-12-10-17(2)11-13-18)15-31-23(22)27-25(28)32-16-21(29)26-19-8-6-4-5-7-9-19/h3,10-13,15,19H,1,4-9,14,16H2,2H3,(H,26,29). The third kappa shape index (κ3) is 5.15. The van der Waals surface area contributed by atoms with Crippen molar-refractivity contribution in [2.75, 3.05) is 5.75 Å². The lowest BCUT2D eigenvalue weighted by Gasteiger charge is -2.16. The van der Waals surface area contributed by atoms with Crippen LogP contribution in [0.15, 0.2) is 52.3 Å². The number of aromatic nitrogens is 2. The molecule has 0 spiro atoms. The van der Waals surface area contributed by atoms with Gasteiger partial charge in [-0.25, -0.2) is 4.98 Å². The number of rotatable bonds is 7. The molecule has 1 aliphatic carbocycles. The summed E-state index contributed by atoms with van der Waals surface area (Å²) >= 11 is 2.79. The van der Waals surface area contributed by atoms with Crippen molar-refractivity contribution >= 4 is 39.2 Å². The summed E-state index contributed by atoms with van der Waals surface area (Å²) in [7, 11) is 0. The van der Waals surface area contributed by atoms with E-state index in [2.05, 4.69) is 11.9 Å². The van der Waals surface area contributed by atoms with E-state index < -0.39 is 0 Å². The smallest absolute Gasteiger partial charge is 0.263 e. The van der Waals surface area contributed by atoms with Gasteiger partial charge in [-0.15, -0.1) is 17.9 Å². The maximum absolute atomic E-state index is 13.4. The fourth-order valence-electron chi connectivity index (χ4n) is 4.17. The summed E-state index contributed by atoms with van der Waals surface area (Å²) in [6.07, 6.45) is 8.67. The molecule has 1 aromatic carbocycles. The van der Waals surface area contributed by atoms with Crippen molar-refractivity contribution in [2.24, 2.45) is 0 Å². The van der Waals surface area contributed by atoms with Gasteiger partial charge < -0.3 is 5.32 Å². The molecule has 1 N–H and O–H groups in total. The van der Waals surface area contributed by atoms with Crippen molar-refractivity contribution in [3.05, 3.63) is 58.2 Å². The number of fused-ring (bicyclic) bond motifs is 1. The molecule has 0 radical (unpaired) electrons. The molecule has 168 valence electrons. The first-order valence-electron chi connectivity index (χ1n) is 11.2. The topological polar surface area (TPSA) is 64.0 Å². The molecule has 3 aromatic rings. The number of amides is 1. The van der Waals surface area contributed by atoms with E-state index in [0.717, 1.165) is 24.0 Å². The lowest BCUT2D eigenvalue weighted by Crippen LogP contribution is -2.35. The van der Waals surface area contributed by atoms with Gasteiger partial charge in [0.25, 0.3) is 5.56 Å². The van der Waals surface area contributed by atoms with E-state index in [1.54, 1.807) is 10.6 Å². The van der Waals surface area contributed by atoms with Crippen LogP contribution in [0, 0.1) is 6.92 Å². The van der Waals surface area contributed by atoms with Gasteiger partial charge in [0.15, 0.2) is 5.16 Å². The molecule has 4 rings (SSSR count). The van der Waals surface area contributed by atoms with Crippen LogP contribution in [0.4, 0.5) is 0 Å². The Kier molecular flexibility index (Phi) is 7.48. The number of thiophene rings is 1. The van der Waals surface area contributed by atoms with E-state index in [1.165, 1.54) is 54.3 Å². The number of carbonyl (C=O) groups is 1. The Morgan fingerprint density at radius 2 is 1.97 bits per heavy atom. The number of benzene rings is 1. The van der Waals surface area contributed by atoms with E-state index in [1.807, 2.05) is 36.6 Å². The van der Waals surface area contributed by atoms with E-state index in [4.69, 9.17) is 4.98 Å². The summed E-state index contributed by atoms with van der Waals surface area (Å²) in [6.45, 7) is 6.21. The largest absolute Gasteiger partial charge is 0.353 e. The van der Waals surface area contributed by atoms with Crippen LogP contribution in [0.1, 0.15) is 44.1 Å². The highest BCUT2D eigenvalue weighted by Gasteiger charge is 2.19. The molecule has 0 saturated heterocycles. The second kappa shape index (κ2) is 10.5. The Hall–Kier alpha value is -2.38. The van der Waals surface area contributed by atoms with Crippen LogP contribution < -0.4 is 10.9 Å². The Morgan fingerprint density at radius 1 is 1.25 bits per heavy atom. The zero-order valence-electron chi connectivity index (χ0n) is 18.4. The molecule has 0 unspecified atom stereocenters. The number of nitrogens with one attached hydrogen (secondary N) is 1. The number of nitrogens with zero attached hydrogens (tertiary/aromatic N) is 2. The number of thioether (sulfide) groups is 1. The van der Waals surface area contributed by atoms with Crippen LogP contribution in [0.5, 0.6) is 0 Å². The molecule has 0 aliphatic heterocycles. The van der Waals surface area contributed by atoms with E-state index in [0.29, 0.717) is 21.9 Å². The summed E-state index contributed by atoms with van der Waals surface area (Å²) in [4.78, 5) is 31.5. The molecular weight excluding hydrogens is 438 g/mol. The first-order valence-corrected chi connectivity index (χ1v) is 13.1. The molecule has 2 aromatic heterocycles. The van der Waals surface area contributed by atoms with Crippen molar-refractivity contribution in [3.63, 3.8) is 0 Å². The molecule has 1 amide bonds. The predicted molar refractivity (Wildman–Crippen MR) is 135 cm³/mol. The minimum atomic E-state index is -0.0848. The molecule has 0 bridgehead atoms. The van der Waals surface area contributed by atoms with Gasteiger partial charge in [0.2, 0.25) is 5.91 Å². The van der Waals surface area contributed by atoms with Crippen molar-refractivity contribution in [1.29, 1.82) is 0 Å². The van der Waals surface area contributed by atoms with Gasteiger partial charge in [-0.3, -0.25) is 14.2 Å². The summed E-state index contributed by atoms with van der Waals surface area (Å²) in [5, 5.41) is 6.36. The Labute approximate surface area is 197 Å². The van der Waals surface area contributed by atoms with Crippen LogP contribution in [0.3, 0.4) is 0 Å². The number of allylic oxidation sites excluding steroid dienone is 1. The average molecular weight is 468 g/mol. The lowest BCUT2D eigenvalue weighted by molar-refractivity contribution is -0.119. The fraction of sp³-hybridized carbons (Fsp3) is 0.400. The second-order valence-electron chi connectivity index (χ2n) is 8.34. The maximum atomic E-state index is 13.4. The number of hydrogen-bond acceptors (Lipinski definition) is 5. The molecule has 1 aliphatic rings. The van der Waals surface area contributed by atoms with Crippen molar-refractivity contribution in [1.82, 2.24) is 14.9 Å². The Morgan fingerprint density at radius 3 is 2.66 bits per heavy atom. The van der Waals surface area contributed by atoms with Gasteiger partial charge in [-0.05, 0) is 25.3 Å². The zero-order valence-corrected chi connectivity index (χ0v) is 20.1. The quantitative estimate of drug-likeness (QED) is 0.214. The average Bonchev–Trinajstić information content (AvgIpc) is 3.04. The maximum Gasteiger partial charge on any atom is 0.263 e. The minimum Gasteiger partial charge on any atom is -0.353 e. The molecule has 0 atom stereocenters. The first kappa shape index (κ1) is 22.8. The first-order chi connectivity index (χ1) is 15.6. The number of carbonyl (C=O) groups excluding carboxylic acids is 1. The second-order valence-corrected chi connectivity index (χ2v) is 10.1. The van der Waals surface area contributed by atoms with E-state index >= 15 is 0 Å². The lowest BCUT2D eigenvalue weighted by atomic mass is 10.1. The monoisotopic (exact) mass is 467 g/mol. The van der Waals surface area contributed by atoms with Crippen molar-refractivity contribution < 1.29 is 4.79 Å². The predicted octanol–water partition coefficient (Wildman–Crippen LogP) is 5.55. The summed E-state index contributed by atoms with van der Waals surface area (Å²) in [5.74, 6) is 0.259. The summed E-state index contributed by atoms with van der Waals surface area (Å²) < 4.78 is 1.63. The molecule has 1 fully saturated rings. The molecule has 32 heavy (non-hydrogen) atoms. The normalized spacial score (nSPS) is 14.9.